The van der Waals surface area contributed by atoms with Crippen LogP contribution in [0.4, 0.5) is 4.79 Å². The van der Waals surface area contributed by atoms with E-state index >= 15 is 0 Å². The Hall–Kier alpha value is -3.22. The third kappa shape index (κ3) is 3.85. The summed E-state index contributed by atoms with van der Waals surface area (Å²) in [5.74, 6) is -0.966. The fourth-order valence-corrected chi connectivity index (χ4v) is 3.88. The summed E-state index contributed by atoms with van der Waals surface area (Å²) in [6.07, 6.45) is 1.06. The number of aryl methyl sites for hydroxylation is 2. The van der Waals surface area contributed by atoms with Crippen LogP contribution in [0.2, 0.25) is 0 Å². The van der Waals surface area contributed by atoms with E-state index in [1.807, 2.05) is 30.3 Å². The van der Waals surface area contributed by atoms with Crippen LogP contribution in [0, 0.1) is 13.8 Å². The van der Waals surface area contributed by atoms with Crippen LogP contribution < -0.4 is 5.32 Å². The monoisotopic (exact) mass is 395 g/mol. The molecule has 0 unspecified atom stereocenters. The molecule has 7 nitrogen and oxygen atoms in total. The molecule has 1 fully saturated rings. The maximum atomic E-state index is 12.9. The number of benzene rings is 1. The number of hydrogen-bond acceptors (Lipinski definition) is 4. The Morgan fingerprint density at radius 3 is 2.34 bits per heavy atom. The molecular weight excluding hydrogens is 370 g/mol. The Morgan fingerprint density at radius 1 is 1.10 bits per heavy atom. The maximum Gasteiger partial charge on any atom is 0.325 e. The van der Waals surface area contributed by atoms with Gasteiger partial charge in [0.15, 0.2) is 11.6 Å². The fraction of sp³-hybridized carbons (Fsp3) is 0.364. The van der Waals surface area contributed by atoms with Crippen LogP contribution in [-0.4, -0.2) is 45.5 Å². The number of hydrogen-bond donors (Lipinski definition) is 2. The molecule has 0 spiro atoms. The third-order valence-electron chi connectivity index (χ3n) is 5.47. The molecule has 1 saturated heterocycles. The Bertz CT molecular complexity index is 993. The number of urea groups is 1. The fourth-order valence-electron chi connectivity index (χ4n) is 3.88. The molecule has 1 aliphatic rings. The van der Waals surface area contributed by atoms with Gasteiger partial charge in [-0.2, -0.15) is 0 Å². The van der Waals surface area contributed by atoms with Gasteiger partial charge in [-0.05, 0) is 51.7 Å². The summed E-state index contributed by atoms with van der Waals surface area (Å²) in [5.41, 5.74) is 1.88. The topological polar surface area (TPSA) is 99.3 Å². The number of aromatic amines is 1. The largest absolute Gasteiger partial charge is 0.355 e. The highest BCUT2D eigenvalue weighted by molar-refractivity contribution is 6.11. The molecule has 1 aromatic heterocycles. The van der Waals surface area contributed by atoms with E-state index < -0.39 is 23.3 Å². The van der Waals surface area contributed by atoms with Crippen molar-refractivity contribution in [2.24, 2.45) is 0 Å². The molecule has 1 aliphatic heterocycles. The predicted molar refractivity (Wildman–Crippen MR) is 108 cm³/mol. The van der Waals surface area contributed by atoms with Crippen molar-refractivity contribution in [1.29, 1.82) is 0 Å². The van der Waals surface area contributed by atoms with Gasteiger partial charge in [-0.15, -0.1) is 0 Å². The molecule has 2 N–H and O–H groups in total. The number of Topliss-reactive ketones (excluding diaryl/α,β-unsaturated/α-hetero) is 2. The third-order valence-corrected chi connectivity index (χ3v) is 5.47. The van der Waals surface area contributed by atoms with Gasteiger partial charge in [-0.25, -0.2) is 4.79 Å². The Morgan fingerprint density at radius 2 is 1.76 bits per heavy atom. The first-order valence-corrected chi connectivity index (χ1v) is 9.55. The van der Waals surface area contributed by atoms with Crippen molar-refractivity contribution in [3.05, 3.63) is 58.4 Å². The Balaban J connectivity index is 1.74. The second kappa shape index (κ2) is 7.66. The summed E-state index contributed by atoms with van der Waals surface area (Å²) < 4.78 is 0. The predicted octanol–water partition coefficient (Wildman–Crippen LogP) is 2.96. The number of rotatable bonds is 7. The number of carbonyl (C=O) groups excluding carboxylic acids is 4. The van der Waals surface area contributed by atoms with E-state index in [9.17, 15) is 19.2 Å². The molecular formula is C22H25N3O4. The lowest BCUT2D eigenvalue weighted by Crippen LogP contribution is -2.44. The van der Waals surface area contributed by atoms with E-state index in [2.05, 4.69) is 10.3 Å². The average Bonchev–Trinajstić information content (AvgIpc) is 3.08. The molecule has 0 radical (unpaired) electrons. The SMILES string of the molecule is CC(=O)c1c(C)[nH]c(C(=O)CN2C(=O)N[C@](C)(CCc3ccccc3)C2=O)c1C. The van der Waals surface area contributed by atoms with E-state index in [4.69, 9.17) is 0 Å². The number of imide groups is 1. The standard InChI is InChI=1S/C22H25N3O4/c1-13-18(15(3)26)14(2)23-19(13)17(27)12-25-20(28)22(4,24-21(25)29)11-10-16-8-6-5-7-9-16/h5-9,23H,10-12H2,1-4H3,(H,24,29)/t22-/m1/s1. The van der Waals surface area contributed by atoms with Crippen molar-refractivity contribution >= 4 is 23.5 Å². The summed E-state index contributed by atoms with van der Waals surface area (Å²) in [6, 6.07) is 9.13. The first-order chi connectivity index (χ1) is 13.6. The van der Waals surface area contributed by atoms with Crippen molar-refractivity contribution in [2.45, 2.75) is 46.1 Å². The van der Waals surface area contributed by atoms with Gasteiger partial charge in [-0.1, -0.05) is 30.3 Å². The van der Waals surface area contributed by atoms with Crippen LogP contribution in [0.25, 0.3) is 0 Å². The van der Waals surface area contributed by atoms with E-state index in [0.29, 0.717) is 29.7 Å². The molecule has 0 aliphatic carbocycles. The zero-order valence-corrected chi connectivity index (χ0v) is 17.1. The second-order valence-corrected chi connectivity index (χ2v) is 7.74. The van der Waals surface area contributed by atoms with Gasteiger partial charge < -0.3 is 10.3 Å². The van der Waals surface area contributed by atoms with Gasteiger partial charge >= 0.3 is 6.03 Å². The summed E-state index contributed by atoms with van der Waals surface area (Å²) in [7, 11) is 0. The van der Waals surface area contributed by atoms with Crippen molar-refractivity contribution < 1.29 is 19.2 Å². The van der Waals surface area contributed by atoms with E-state index in [1.54, 1.807) is 20.8 Å². The number of amides is 3. The molecule has 1 atom stereocenters. The average molecular weight is 395 g/mol. The molecule has 3 rings (SSSR count). The number of ketones is 2. The molecule has 1 aromatic carbocycles. The zero-order chi connectivity index (χ0) is 21.3. The molecule has 2 heterocycles. The van der Waals surface area contributed by atoms with Crippen LogP contribution >= 0.6 is 0 Å². The number of carbonyl (C=O) groups is 4. The zero-order valence-electron chi connectivity index (χ0n) is 17.1. The summed E-state index contributed by atoms with van der Waals surface area (Å²) in [6.45, 7) is 6.15. The number of nitrogens with one attached hydrogen (secondary N) is 2. The highest BCUT2D eigenvalue weighted by Gasteiger charge is 2.48. The van der Waals surface area contributed by atoms with Crippen LogP contribution in [0.5, 0.6) is 0 Å². The highest BCUT2D eigenvalue weighted by Crippen LogP contribution is 2.25. The minimum Gasteiger partial charge on any atom is -0.355 e. The molecule has 2 aromatic rings. The van der Waals surface area contributed by atoms with E-state index in [-0.39, 0.29) is 18.0 Å². The van der Waals surface area contributed by atoms with Gasteiger partial charge in [0.05, 0.1) is 12.2 Å². The number of H-pyrrole nitrogens is 1. The first kappa shape index (κ1) is 20.5. The van der Waals surface area contributed by atoms with Crippen molar-refractivity contribution in [3.8, 4) is 0 Å². The lowest BCUT2D eigenvalue weighted by Gasteiger charge is -2.21. The van der Waals surface area contributed by atoms with Crippen LogP contribution in [0.3, 0.4) is 0 Å². The van der Waals surface area contributed by atoms with Crippen molar-refractivity contribution in [1.82, 2.24) is 15.2 Å². The van der Waals surface area contributed by atoms with Crippen LogP contribution in [0.15, 0.2) is 30.3 Å². The van der Waals surface area contributed by atoms with Gasteiger partial charge in [0.2, 0.25) is 0 Å². The summed E-state index contributed by atoms with van der Waals surface area (Å²) >= 11 is 0. The van der Waals surface area contributed by atoms with Gasteiger partial charge in [0, 0.05) is 11.3 Å². The lowest BCUT2D eigenvalue weighted by atomic mass is 9.93. The second-order valence-electron chi connectivity index (χ2n) is 7.74. The molecule has 152 valence electrons. The van der Waals surface area contributed by atoms with E-state index in [1.165, 1.54) is 6.92 Å². The van der Waals surface area contributed by atoms with Crippen molar-refractivity contribution in [3.63, 3.8) is 0 Å². The molecule has 0 saturated carbocycles. The minimum atomic E-state index is -1.06. The maximum absolute atomic E-state index is 12.9. The minimum absolute atomic E-state index is 0.140. The smallest absolute Gasteiger partial charge is 0.325 e. The Kier molecular flexibility index (Phi) is 5.42. The van der Waals surface area contributed by atoms with Crippen molar-refractivity contribution in [2.75, 3.05) is 6.54 Å². The van der Waals surface area contributed by atoms with Gasteiger partial charge in [0.25, 0.3) is 5.91 Å². The summed E-state index contributed by atoms with van der Waals surface area (Å²) in [5, 5.41) is 2.73. The highest BCUT2D eigenvalue weighted by atomic mass is 16.2. The molecule has 29 heavy (non-hydrogen) atoms. The normalized spacial score (nSPS) is 18.8. The molecule has 7 heteroatoms. The van der Waals surface area contributed by atoms with Gasteiger partial charge in [-0.3, -0.25) is 19.3 Å². The lowest BCUT2D eigenvalue weighted by molar-refractivity contribution is -0.130. The molecule has 3 amide bonds. The Labute approximate surface area is 169 Å². The molecule has 0 bridgehead atoms. The van der Waals surface area contributed by atoms with Gasteiger partial charge in [0.1, 0.15) is 5.54 Å². The van der Waals surface area contributed by atoms with Crippen LogP contribution in [-0.2, 0) is 11.2 Å². The number of aromatic nitrogens is 1. The summed E-state index contributed by atoms with van der Waals surface area (Å²) in [4.78, 5) is 53.8. The van der Waals surface area contributed by atoms with E-state index in [0.717, 1.165) is 10.5 Å². The van der Waals surface area contributed by atoms with Crippen LogP contribution in [0.1, 0.15) is 57.9 Å². The number of nitrogens with zero attached hydrogens (tertiary/aromatic N) is 1. The first-order valence-electron chi connectivity index (χ1n) is 9.55. The quantitative estimate of drug-likeness (QED) is 0.556.